The summed E-state index contributed by atoms with van der Waals surface area (Å²) in [6, 6.07) is 0. The molecule has 2 nitrogen and oxygen atoms in total. The monoisotopic (exact) mass is 117 g/mol. The van der Waals surface area contributed by atoms with Crippen molar-refractivity contribution in [3.63, 3.8) is 0 Å². The van der Waals surface area contributed by atoms with Gasteiger partial charge >= 0.3 is 0 Å². The number of hydrogen-bond acceptors (Lipinski definition) is 2. The molecule has 3 heteroatoms. The Morgan fingerprint density at radius 2 is 2.14 bits per heavy atom. The van der Waals surface area contributed by atoms with Crippen LogP contribution in [0.15, 0.2) is 0 Å². The van der Waals surface area contributed by atoms with Crippen LogP contribution < -0.4 is 5.73 Å². The lowest BCUT2D eigenvalue weighted by atomic mass is 10.4. The molecule has 1 aliphatic rings. The third-order valence-corrected chi connectivity index (χ3v) is 1.85. The fourth-order valence-electron chi connectivity index (χ4n) is 0.365. The minimum atomic E-state index is -0.417. The second-order valence-corrected chi connectivity index (χ2v) is 2.75. The normalized spacial score (nSPS) is 24.1. The van der Waals surface area contributed by atoms with Gasteiger partial charge in [-0.25, -0.2) is 0 Å². The maximum absolute atomic E-state index is 10.2. The summed E-state index contributed by atoms with van der Waals surface area (Å²) in [4.78, 5) is 10.2. The maximum Gasteiger partial charge on any atom is 0.233 e. The summed E-state index contributed by atoms with van der Waals surface area (Å²) in [6.07, 6.45) is 1.71. The molecular weight excluding hydrogens is 110 g/mol. The Bertz CT molecular complexity index is 108. The van der Waals surface area contributed by atoms with Crippen LogP contribution in [0, 0.1) is 0 Å². The summed E-state index contributed by atoms with van der Waals surface area (Å²) in [5.41, 5.74) is 4.92. The fraction of sp³-hybridized carbons (Fsp3) is 0.750. The molecule has 0 radical (unpaired) electrons. The first-order valence-corrected chi connectivity index (χ1v) is 2.62. The van der Waals surface area contributed by atoms with Crippen LogP contribution in [0.4, 0.5) is 0 Å². The highest BCUT2D eigenvalue weighted by Crippen LogP contribution is 2.41. The summed E-state index contributed by atoms with van der Waals surface area (Å²) in [7, 11) is 0. The Labute approximate surface area is 47.5 Å². The summed E-state index contributed by atoms with van der Waals surface area (Å²) >= 11 is 3.99. The first kappa shape index (κ1) is 4.97. The molecule has 1 saturated carbocycles. The van der Waals surface area contributed by atoms with Crippen molar-refractivity contribution in [3.05, 3.63) is 0 Å². The molecule has 0 atom stereocenters. The van der Waals surface area contributed by atoms with E-state index >= 15 is 0 Å². The van der Waals surface area contributed by atoms with Gasteiger partial charge in [-0.15, -0.1) is 0 Å². The van der Waals surface area contributed by atoms with Crippen molar-refractivity contribution in [2.45, 2.75) is 17.6 Å². The Kier molecular flexibility index (Phi) is 0.819. The van der Waals surface area contributed by atoms with Crippen LogP contribution in [-0.4, -0.2) is 10.7 Å². The third-order valence-electron chi connectivity index (χ3n) is 1.18. The number of hydrogen-bond donors (Lipinski definition) is 2. The Morgan fingerprint density at radius 3 is 2.14 bits per heavy atom. The zero-order valence-electron chi connectivity index (χ0n) is 3.85. The van der Waals surface area contributed by atoms with Gasteiger partial charge in [0, 0.05) is 0 Å². The largest absolute Gasteiger partial charge is 0.368 e. The summed E-state index contributed by atoms with van der Waals surface area (Å²) in [5.74, 6) is -0.282. The van der Waals surface area contributed by atoms with Crippen LogP contribution in [0.25, 0.3) is 0 Å². The molecule has 0 unspecified atom stereocenters. The van der Waals surface area contributed by atoms with Gasteiger partial charge in [-0.1, -0.05) is 0 Å². The topological polar surface area (TPSA) is 43.1 Å². The Hall–Kier alpha value is -0.180. The molecular formula is C4H7NOS. The molecule has 0 saturated heterocycles. The Morgan fingerprint density at radius 1 is 1.71 bits per heavy atom. The molecule has 1 fully saturated rings. The van der Waals surface area contributed by atoms with E-state index in [2.05, 4.69) is 12.6 Å². The summed E-state index contributed by atoms with van der Waals surface area (Å²) < 4.78 is -0.417. The van der Waals surface area contributed by atoms with E-state index in [0.29, 0.717) is 0 Å². The molecule has 0 aromatic rings. The molecule has 0 aromatic carbocycles. The van der Waals surface area contributed by atoms with Crippen LogP contribution >= 0.6 is 12.6 Å². The van der Waals surface area contributed by atoms with Gasteiger partial charge in [-0.3, -0.25) is 4.79 Å². The lowest BCUT2D eigenvalue weighted by Gasteiger charge is -1.95. The van der Waals surface area contributed by atoms with Crippen molar-refractivity contribution in [1.82, 2.24) is 0 Å². The average molecular weight is 117 g/mol. The van der Waals surface area contributed by atoms with Gasteiger partial charge in [0.1, 0.15) is 0 Å². The minimum absolute atomic E-state index is 0.282. The molecule has 2 N–H and O–H groups in total. The standard InChI is InChI=1S/C4H7NOS/c5-3(6)4(7)1-2-4/h7H,1-2H2,(H2,5,6). The minimum Gasteiger partial charge on any atom is -0.368 e. The van der Waals surface area contributed by atoms with E-state index in [4.69, 9.17) is 5.73 Å². The number of amides is 1. The SMILES string of the molecule is NC(=O)C1(S)CC1. The number of nitrogens with two attached hydrogens (primary N) is 1. The molecule has 7 heavy (non-hydrogen) atoms. The maximum atomic E-state index is 10.2. The molecule has 1 aliphatic carbocycles. The summed E-state index contributed by atoms with van der Waals surface area (Å²) in [5, 5.41) is 0. The van der Waals surface area contributed by atoms with Crippen molar-refractivity contribution in [2.24, 2.45) is 5.73 Å². The van der Waals surface area contributed by atoms with E-state index < -0.39 is 4.75 Å². The van der Waals surface area contributed by atoms with Crippen molar-refractivity contribution in [3.8, 4) is 0 Å². The van der Waals surface area contributed by atoms with Crippen molar-refractivity contribution < 1.29 is 4.79 Å². The van der Waals surface area contributed by atoms with Gasteiger partial charge in [-0.2, -0.15) is 12.6 Å². The predicted molar refractivity (Wildman–Crippen MR) is 30.1 cm³/mol. The molecule has 1 amide bonds. The second kappa shape index (κ2) is 1.15. The van der Waals surface area contributed by atoms with E-state index in [1.54, 1.807) is 0 Å². The van der Waals surface area contributed by atoms with Crippen LogP contribution in [0.5, 0.6) is 0 Å². The van der Waals surface area contributed by atoms with Gasteiger partial charge in [0.2, 0.25) is 5.91 Å². The zero-order valence-corrected chi connectivity index (χ0v) is 4.74. The lowest BCUT2D eigenvalue weighted by Crippen LogP contribution is -2.24. The molecule has 1 rings (SSSR count). The highest BCUT2D eigenvalue weighted by atomic mass is 32.1. The van der Waals surface area contributed by atoms with Crippen molar-refractivity contribution in [2.75, 3.05) is 0 Å². The average Bonchev–Trinajstić information content (AvgIpc) is 2.21. The van der Waals surface area contributed by atoms with Gasteiger partial charge in [0.25, 0.3) is 0 Å². The second-order valence-electron chi connectivity index (χ2n) is 1.90. The number of rotatable bonds is 1. The fourth-order valence-corrected chi connectivity index (χ4v) is 0.477. The van der Waals surface area contributed by atoms with E-state index in [0.717, 1.165) is 12.8 Å². The van der Waals surface area contributed by atoms with Gasteiger partial charge < -0.3 is 5.73 Å². The third kappa shape index (κ3) is 0.725. The number of primary amides is 1. The van der Waals surface area contributed by atoms with E-state index in [1.165, 1.54) is 0 Å². The molecule has 0 aliphatic heterocycles. The van der Waals surface area contributed by atoms with Gasteiger partial charge in [0.15, 0.2) is 0 Å². The lowest BCUT2D eigenvalue weighted by molar-refractivity contribution is -0.118. The predicted octanol–water partition coefficient (Wildman–Crippen LogP) is -0.0659. The highest BCUT2D eigenvalue weighted by molar-refractivity contribution is 7.83. The smallest absolute Gasteiger partial charge is 0.233 e. The van der Waals surface area contributed by atoms with E-state index in [-0.39, 0.29) is 5.91 Å². The first-order valence-electron chi connectivity index (χ1n) is 2.17. The number of carbonyl (C=O) groups excluding carboxylic acids is 1. The summed E-state index contributed by atoms with van der Waals surface area (Å²) in [6.45, 7) is 0. The van der Waals surface area contributed by atoms with Crippen LogP contribution in [0.1, 0.15) is 12.8 Å². The highest BCUT2D eigenvalue weighted by Gasteiger charge is 2.44. The van der Waals surface area contributed by atoms with Gasteiger partial charge in [0.05, 0.1) is 4.75 Å². The van der Waals surface area contributed by atoms with Crippen LogP contribution in [-0.2, 0) is 4.79 Å². The van der Waals surface area contributed by atoms with Gasteiger partial charge in [-0.05, 0) is 12.8 Å². The molecule has 0 heterocycles. The van der Waals surface area contributed by atoms with Crippen LogP contribution in [0.2, 0.25) is 0 Å². The quantitative estimate of drug-likeness (QED) is 0.464. The zero-order chi connectivity index (χ0) is 5.49. The molecule has 40 valence electrons. The molecule has 0 spiro atoms. The van der Waals surface area contributed by atoms with E-state index in [9.17, 15) is 4.79 Å². The number of carbonyl (C=O) groups is 1. The molecule has 0 aromatic heterocycles. The Balaban J connectivity index is 2.55. The number of thiol groups is 1. The van der Waals surface area contributed by atoms with E-state index in [1.807, 2.05) is 0 Å². The first-order chi connectivity index (χ1) is 3.15. The van der Waals surface area contributed by atoms with Crippen LogP contribution in [0.3, 0.4) is 0 Å². The molecule has 0 bridgehead atoms. The van der Waals surface area contributed by atoms with Crippen molar-refractivity contribution in [1.29, 1.82) is 0 Å². The van der Waals surface area contributed by atoms with Crippen molar-refractivity contribution >= 4 is 18.5 Å².